The lowest BCUT2D eigenvalue weighted by Crippen LogP contribution is -2.59. The molecule has 166 valence electrons. The molecule has 3 atom stereocenters. The van der Waals surface area contributed by atoms with Gasteiger partial charge in [0.05, 0.1) is 6.04 Å². The first kappa shape index (κ1) is 20.8. The van der Waals surface area contributed by atoms with Gasteiger partial charge in [-0.2, -0.15) is 13.2 Å². The average Bonchev–Trinajstić information content (AvgIpc) is 3.24. The molecule has 4 nitrogen and oxygen atoms in total. The lowest BCUT2D eigenvalue weighted by molar-refractivity contribution is -0.280. The van der Waals surface area contributed by atoms with Gasteiger partial charge in [-0.05, 0) is 36.5 Å². The number of aliphatic hydroxyl groups is 1. The number of hydrogen-bond donors (Lipinski definition) is 2. The fourth-order valence-corrected chi connectivity index (χ4v) is 4.95. The van der Waals surface area contributed by atoms with Crippen molar-refractivity contribution < 1.29 is 27.1 Å². The highest BCUT2D eigenvalue weighted by molar-refractivity contribution is 5.92. The van der Waals surface area contributed by atoms with Crippen LogP contribution in [0.25, 0.3) is 16.5 Å². The molecule has 2 aromatic carbocycles. The van der Waals surface area contributed by atoms with Crippen LogP contribution in [-0.4, -0.2) is 26.9 Å². The summed E-state index contributed by atoms with van der Waals surface area (Å²) in [4.78, 5) is 7.89. The molecule has 0 saturated carbocycles. The van der Waals surface area contributed by atoms with E-state index >= 15 is 0 Å². The number of alkyl halides is 3. The van der Waals surface area contributed by atoms with Crippen molar-refractivity contribution in [3.05, 3.63) is 71.2 Å². The van der Waals surface area contributed by atoms with Crippen molar-refractivity contribution in [1.29, 1.82) is 0 Å². The van der Waals surface area contributed by atoms with Crippen molar-refractivity contribution in [2.24, 2.45) is 5.92 Å². The van der Waals surface area contributed by atoms with Gasteiger partial charge in [-0.25, -0.2) is 18.7 Å². The summed E-state index contributed by atoms with van der Waals surface area (Å²) in [5.41, 5.74) is -2.37. The quantitative estimate of drug-likeness (QED) is 0.512. The SMILES string of the molecule is Cc1ncc2c(NC3c4ccccc4C4=CCCC4C3(O)C(F)(F)F)cc(F)c(F)c2n1. The standard InChI is InChI=1S/C23H18F5N3O/c1-11-29-10-15-18(9-17(24)19(25)20(15)30-11)31-21-14-6-3-2-5-12(14)13-7-4-8-16(13)22(21,32)23(26,27)28/h2-3,5-7,9-10,16,21,31-32H,4,8H2,1H3. The lowest BCUT2D eigenvalue weighted by atomic mass is 9.66. The normalized spacial score (nSPS) is 24.8. The molecule has 1 aromatic heterocycles. The van der Waals surface area contributed by atoms with E-state index in [4.69, 9.17) is 0 Å². The van der Waals surface area contributed by atoms with Gasteiger partial charge >= 0.3 is 6.18 Å². The zero-order valence-electron chi connectivity index (χ0n) is 16.8. The van der Waals surface area contributed by atoms with Gasteiger partial charge in [0.1, 0.15) is 11.3 Å². The van der Waals surface area contributed by atoms with Crippen LogP contribution in [-0.2, 0) is 0 Å². The molecule has 0 aliphatic heterocycles. The maximum Gasteiger partial charge on any atom is 0.420 e. The highest BCUT2D eigenvalue weighted by Gasteiger charge is 2.66. The summed E-state index contributed by atoms with van der Waals surface area (Å²) < 4.78 is 72.1. The van der Waals surface area contributed by atoms with Crippen LogP contribution in [0.1, 0.15) is 35.8 Å². The summed E-state index contributed by atoms with van der Waals surface area (Å²) >= 11 is 0. The molecule has 2 N–H and O–H groups in total. The van der Waals surface area contributed by atoms with E-state index in [0.717, 1.165) is 6.07 Å². The van der Waals surface area contributed by atoms with E-state index in [1.54, 1.807) is 24.3 Å². The van der Waals surface area contributed by atoms with Crippen molar-refractivity contribution >= 4 is 22.2 Å². The van der Waals surface area contributed by atoms with Crippen LogP contribution in [0.2, 0.25) is 0 Å². The summed E-state index contributed by atoms with van der Waals surface area (Å²) in [7, 11) is 0. The maximum atomic E-state index is 14.4. The molecule has 9 heteroatoms. The van der Waals surface area contributed by atoms with Gasteiger partial charge < -0.3 is 10.4 Å². The fraction of sp³-hybridized carbons (Fsp3) is 0.304. The molecular weight excluding hydrogens is 429 g/mol. The summed E-state index contributed by atoms with van der Waals surface area (Å²) in [6, 6.07) is 5.62. The number of allylic oxidation sites excluding steroid dienone is 1. The molecule has 32 heavy (non-hydrogen) atoms. The third-order valence-corrected chi connectivity index (χ3v) is 6.39. The van der Waals surface area contributed by atoms with Crippen LogP contribution in [0, 0.1) is 24.5 Å². The summed E-state index contributed by atoms with van der Waals surface area (Å²) in [5, 5.41) is 14.0. The van der Waals surface area contributed by atoms with E-state index in [9.17, 15) is 27.1 Å². The van der Waals surface area contributed by atoms with E-state index in [0.29, 0.717) is 17.6 Å². The minimum Gasteiger partial charge on any atom is -0.378 e. The third-order valence-electron chi connectivity index (χ3n) is 6.39. The van der Waals surface area contributed by atoms with Crippen molar-refractivity contribution in [1.82, 2.24) is 9.97 Å². The van der Waals surface area contributed by atoms with Crippen LogP contribution in [0.15, 0.2) is 42.6 Å². The van der Waals surface area contributed by atoms with Gasteiger partial charge in [-0.1, -0.05) is 30.3 Å². The molecule has 0 spiro atoms. The Labute approximate surface area is 179 Å². The van der Waals surface area contributed by atoms with Gasteiger partial charge in [0.2, 0.25) is 0 Å². The monoisotopic (exact) mass is 447 g/mol. The first-order valence-corrected chi connectivity index (χ1v) is 10.1. The van der Waals surface area contributed by atoms with Gasteiger partial charge in [0, 0.05) is 29.3 Å². The Morgan fingerprint density at radius 3 is 2.69 bits per heavy atom. The Bertz CT molecular complexity index is 1270. The number of hydrogen-bond acceptors (Lipinski definition) is 4. The average molecular weight is 447 g/mol. The minimum absolute atomic E-state index is 0.0178. The molecule has 0 bridgehead atoms. The summed E-state index contributed by atoms with van der Waals surface area (Å²) in [5.74, 6) is -3.49. The minimum atomic E-state index is -4.99. The van der Waals surface area contributed by atoms with Gasteiger partial charge in [0.25, 0.3) is 0 Å². The van der Waals surface area contributed by atoms with E-state index in [1.807, 2.05) is 0 Å². The number of fused-ring (bicyclic) bond motifs is 4. The van der Waals surface area contributed by atoms with Crippen molar-refractivity contribution in [3.8, 4) is 0 Å². The molecule has 3 aromatic rings. The van der Waals surface area contributed by atoms with Crippen LogP contribution >= 0.6 is 0 Å². The lowest BCUT2D eigenvalue weighted by Gasteiger charge is -2.47. The van der Waals surface area contributed by atoms with E-state index in [2.05, 4.69) is 15.3 Å². The Hall–Kier alpha value is -3.07. The highest BCUT2D eigenvalue weighted by atomic mass is 19.4. The Morgan fingerprint density at radius 1 is 1.19 bits per heavy atom. The number of halogens is 5. The smallest absolute Gasteiger partial charge is 0.378 e. The Morgan fingerprint density at radius 2 is 1.94 bits per heavy atom. The molecule has 0 fully saturated rings. The van der Waals surface area contributed by atoms with E-state index < -0.39 is 35.4 Å². The number of aromatic nitrogens is 2. The van der Waals surface area contributed by atoms with Crippen LogP contribution in [0.3, 0.4) is 0 Å². The topological polar surface area (TPSA) is 58.0 Å². The largest absolute Gasteiger partial charge is 0.420 e. The van der Waals surface area contributed by atoms with Crippen LogP contribution in [0.4, 0.5) is 27.6 Å². The molecule has 5 rings (SSSR count). The second-order valence-electron chi connectivity index (χ2n) is 8.18. The Kier molecular flexibility index (Phi) is 4.53. The summed E-state index contributed by atoms with van der Waals surface area (Å²) in [6.07, 6.45) is -1.52. The number of aryl methyl sites for hydroxylation is 1. The second-order valence-corrected chi connectivity index (χ2v) is 8.18. The molecular formula is C23H18F5N3O. The van der Waals surface area contributed by atoms with Crippen molar-refractivity contribution in [2.75, 3.05) is 5.32 Å². The van der Waals surface area contributed by atoms with Crippen molar-refractivity contribution in [2.45, 2.75) is 37.6 Å². The molecule has 0 saturated heterocycles. The second kappa shape index (κ2) is 6.96. The number of rotatable bonds is 2. The van der Waals surface area contributed by atoms with Gasteiger partial charge in [-0.15, -0.1) is 0 Å². The predicted molar refractivity (Wildman–Crippen MR) is 109 cm³/mol. The highest BCUT2D eigenvalue weighted by Crippen LogP contribution is 2.58. The first-order chi connectivity index (χ1) is 15.1. The fourth-order valence-electron chi connectivity index (χ4n) is 4.95. The van der Waals surface area contributed by atoms with Crippen LogP contribution < -0.4 is 5.32 Å². The number of nitrogens with one attached hydrogen (secondary N) is 1. The third kappa shape index (κ3) is 2.83. The number of anilines is 1. The zero-order valence-corrected chi connectivity index (χ0v) is 16.8. The Balaban J connectivity index is 1.74. The van der Waals surface area contributed by atoms with Crippen LogP contribution in [0.5, 0.6) is 0 Å². The number of benzene rings is 2. The van der Waals surface area contributed by atoms with Gasteiger partial charge in [0.15, 0.2) is 17.2 Å². The van der Waals surface area contributed by atoms with E-state index in [1.165, 1.54) is 19.2 Å². The maximum absolute atomic E-state index is 14.4. The molecule has 2 aliphatic rings. The molecule has 0 amide bonds. The predicted octanol–water partition coefficient (Wildman–Crippen LogP) is 5.47. The molecule has 1 heterocycles. The van der Waals surface area contributed by atoms with Gasteiger partial charge in [-0.3, -0.25) is 0 Å². The van der Waals surface area contributed by atoms with E-state index in [-0.39, 0.29) is 34.4 Å². The molecule has 2 aliphatic carbocycles. The number of nitrogens with zero attached hydrogens (tertiary/aromatic N) is 2. The molecule has 0 radical (unpaired) electrons. The first-order valence-electron chi connectivity index (χ1n) is 10.1. The van der Waals surface area contributed by atoms with Crippen molar-refractivity contribution in [3.63, 3.8) is 0 Å². The molecule has 3 unspecified atom stereocenters. The summed E-state index contributed by atoms with van der Waals surface area (Å²) in [6.45, 7) is 1.49. The zero-order chi connectivity index (χ0) is 22.8.